The van der Waals surface area contributed by atoms with Crippen LogP contribution < -0.4 is 4.74 Å². The highest BCUT2D eigenvalue weighted by Gasteiger charge is 2.10. The molecular weight excluding hydrogens is 294 g/mol. The molecule has 1 rings (SSSR count). The van der Waals surface area contributed by atoms with Gasteiger partial charge in [0.25, 0.3) is 0 Å². The summed E-state index contributed by atoms with van der Waals surface area (Å²) in [7, 11) is 0. The zero-order valence-corrected chi connectivity index (χ0v) is 10.8. The fourth-order valence-electron chi connectivity index (χ4n) is 1.28. The zero-order valence-electron chi connectivity index (χ0n) is 8.60. The number of ether oxygens (including phenoxy) is 1. The molecule has 0 saturated carbocycles. The van der Waals surface area contributed by atoms with Crippen molar-refractivity contribution in [3.05, 3.63) is 27.1 Å². The van der Waals surface area contributed by atoms with Gasteiger partial charge in [0, 0.05) is 9.13 Å². The molecule has 0 atom stereocenters. The molecule has 0 aliphatic rings. The first-order valence-electron chi connectivity index (χ1n) is 4.69. The molecule has 0 fully saturated rings. The molecule has 0 radical (unpaired) electrons. The number of halogens is 2. The molecule has 0 amide bonds. The van der Waals surface area contributed by atoms with Crippen molar-refractivity contribution in [1.29, 1.82) is 0 Å². The Morgan fingerprint density at radius 1 is 1.43 bits per heavy atom. The maximum absolute atomic E-state index is 13.5. The molecule has 1 aromatic carbocycles. The lowest BCUT2D eigenvalue weighted by Gasteiger charge is -2.14. The maximum Gasteiger partial charge on any atom is 0.131 e. The van der Waals surface area contributed by atoms with E-state index in [1.54, 1.807) is 0 Å². The zero-order chi connectivity index (χ0) is 10.7. The Balaban J connectivity index is 3.11. The first kappa shape index (κ1) is 11.8. The monoisotopic (exact) mass is 308 g/mol. The predicted molar refractivity (Wildman–Crippen MR) is 64.3 cm³/mol. The Morgan fingerprint density at radius 2 is 2.07 bits per heavy atom. The van der Waals surface area contributed by atoms with E-state index in [9.17, 15) is 4.39 Å². The van der Waals surface area contributed by atoms with E-state index in [-0.39, 0.29) is 11.9 Å². The summed E-state index contributed by atoms with van der Waals surface area (Å²) in [5.74, 6) is 0.502. The summed E-state index contributed by atoms with van der Waals surface area (Å²) in [4.78, 5) is 0. The number of benzene rings is 1. The van der Waals surface area contributed by atoms with E-state index >= 15 is 0 Å². The highest BCUT2D eigenvalue weighted by atomic mass is 127. The molecule has 14 heavy (non-hydrogen) atoms. The Labute approximate surface area is 97.8 Å². The third kappa shape index (κ3) is 2.83. The number of hydrogen-bond acceptors (Lipinski definition) is 1. The molecule has 0 saturated heterocycles. The summed E-state index contributed by atoms with van der Waals surface area (Å²) in [5.41, 5.74) is 0.666. The van der Waals surface area contributed by atoms with Crippen molar-refractivity contribution in [2.75, 3.05) is 0 Å². The van der Waals surface area contributed by atoms with Gasteiger partial charge >= 0.3 is 0 Å². The summed E-state index contributed by atoms with van der Waals surface area (Å²) in [6, 6.07) is 3.41. The van der Waals surface area contributed by atoms with E-state index < -0.39 is 0 Å². The van der Waals surface area contributed by atoms with Crippen LogP contribution in [0.5, 0.6) is 5.75 Å². The summed E-state index contributed by atoms with van der Waals surface area (Å²) < 4.78 is 19.9. The van der Waals surface area contributed by atoms with Gasteiger partial charge in [-0.1, -0.05) is 6.92 Å². The Bertz CT molecular complexity index is 323. The van der Waals surface area contributed by atoms with E-state index in [1.807, 2.05) is 26.8 Å². The van der Waals surface area contributed by atoms with Gasteiger partial charge in [0.1, 0.15) is 11.6 Å². The van der Waals surface area contributed by atoms with Gasteiger partial charge in [-0.15, -0.1) is 0 Å². The molecular formula is C11H14FIO. The Kier molecular flexibility index (Phi) is 4.16. The molecule has 0 aliphatic carbocycles. The minimum absolute atomic E-state index is 0.0814. The third-order valence-corrected chi connectivity index (χ3v) is 2.46. The average molecular weight is 308 g/mol. The van der Waals surface area contributed by atoms with Crippen molar-refractivity contribution >= 4 is 22.6 Å². The van der Waals surface area contributed by atoms with E-state index in [0.717, 1.165) is 3.57 Å². The molecule has 1 aromatic rings. The van der Waals surface area contributed by atoms with E-state index in [2.05, 4.69) is 22.6 Å². The molecule has 0 unspecified atom stereocenters. The van der Waals surface area contributed by atoms with Crippen LogP contribution in [0.3, 0.4) is 0 Å². The van der Waals surface area contributed by atoms with Gasteiger partial charge in [-0.05, 0) is 55.0 Å². The van der Waals surface area contributed by atoms with Crippen LogP contribution in [-0.2, 0) is 6.42 Å². The predicted octanol–water partition coefficient (Wildman–Crippen LogP) is 3.78. The second kappa shape index (κ2) is 4.96. The van der Waals surface area contributed by atoms with Gasteiger partial charge in [0.15, 0.2) is 0 Å². The summed E-state index contributed by atoms with van der Waals surface area (Å²) in [6.07, 6.45) is 0.739. The number of hydrogen-bond donors (Lipinski definition) is 0. The van der Waals surface area contributed by atoms with Gasteiger partial charge in [-0.3, -0.25) is 0 Å². The lowest BCUT2D eigenvalue weighted by molar-refractivity contribution is 0.238. The van der Waals surface area contributed by atoms with Gasteiger partial charge in [-0.25, -0.2) is 4.39 Å². The van der Waals surface area contributed by atoms with Crippen molar-refractivity contribution in [2.24, 2.45) is 0 Å². The smallest absolute Gasteiger partial charge is 0.131 e. The fourth-order valence-corrected chi connectivity index (χ4v) is 1.84. The van der Waals surface area contributed by atoms with Crippen molar-refractivity contribution in [2.45, 2.75) is 33.3 Å². The van der Waals surface area contributed by atoms with Crippen LogP contribution in [0.15, 0.2) is 12.1 Å². The molecule has 0 aliphatic heterocycles. The number of rotatable bonds is 3. The van der Waals surface area contributed by atoms with Crippen LogP contribution in [0.25, 0.3) is 0 Å². The van der Waals surface area contributed by atoms with Crippen molar-refractivity contribution in [3.63, 3.8) is 0 Å². The topological polar surface area (TPSA) is 9.23 Å². The molecule has 0 bridgehead atoms. The van der Waals surface area contributed by atoms with Gasteiger partial charge in [0.2, 0.25) is 0 Å². The molecule has 1 nitrogen and oxygen atoms in total. The van der Waals surface area contributed by atoms with Gasteiger partial charge < -0.3 is 4.74 Å². The minimum atomic E-state index is -0.171. The van der Waals surface area contributed by atoms with Crippen molar-refractivity contribution in [1.82, 2.24) is 0 Å². The lowest BCUT2D eigenvalue weighted by atomic mass is 10.1. The first-order chi connectivity index (χ1) is 6.54. The van der Waals surface area contributed by atoms with E-state index in [0.29, 0.717) is 17.7 Å². The minimum Gasteiger partial charge on any atom is -0.491 e. The molecule has 0 heterocycles. The molecule has 0 N–H and O–H groups in total. The molecule has 0 aromatic heterocycles. The highest BCUT2D eigenvalue weighted by molar-refractivity contribution is 14.1. The van der Waals surface area contributed by atoms with Crippen molar-refractivity contribution < 1.29 is 9.13 Å². The van der Waals surface area contributed by atoms with Gasteiger partial charge in [-0.2, -0.15) is 0 Å². The average Bonchev–Trinajstić information content (AvgIpc) is 2.01. The summed E-state index contributed by atoms with van der Waals surface area (Å²) >= 11 is 2.09. The second-order valence-corrected chi connectivity index (χ2v) is 4.63. The Hall–Kier alpha value is -0.320. The largest absolute Gasteiger partial charge is 0.491 e. The second-order valence-electron chi connectivity index (χ2n) is 3.38. The van der Waals surface area contributed by atoms with Crippen LogP contribution in [0.4, 0.5) is 4.39 Å². The molecule has 3 heteroatoms. The van der Waals surface area contributed by atoms with Crippen molar-refractivity contribution in [3.8, 4) is 5.75 Å². The lowest BCUT2D eigenvalue weighted by Crippen LogP contribution is -2.08. The van der Waals surface area contributed by atoms with Crippen LogP contribution in [0.2, 0.25) is 0 Å². The highest BCUT2D eigenvalue weighted by Crippen LogP contribution is 2.26. The van der Waals surface area contributed by atoms with Crippen LogP contribution in [-0.4, -0.2) is 6.10 Å². The first-order valence-corrected chi connectivity index (χ1v) is 5.77. The SMILES string of the molecule is CCc1c(F)cc(I)cc1OC(C)C. The van der Waals surface area contributed by atoms with Crippen LogP contribution in [0, 0.1) is 9.39 Å². The van der Waals surface area contributed by atoms with E-state index in [4.69, 9.17) is 4.74 Å². The van der Waals surface area contributed by atoms with Crippen LogP contribution >= 0.6 is 22.6 Å². The standard InChI is InChI=1S/C11H14FIO/c1-4-9-10(12)5-8(13)6-11(9)14-7(2)3/h5-7H,4H2,1-3H3. The molecule has 78 valence electrons. The fraction of sp³-hybridized carbons (Fsp3) is 0.455. The normalized spacial score (nSPS) is 10.7. The summed E-state index contributed by atoms with van der Waals surface area (Å²) in [5, 5.41) is 0. The van der Waals surface area contributed by atoms with E-state index in [1.165, 1.54) is 6.07 Å². The Morgan fingerprint density at radius 3 is 2.57 bits per heavy atom. The van der Waals surface area contributed by atoms with Crippen LogP contribution in [0.1, 0.15) is 26.3 Å². The summed E-state index contributed by atoms with van der Waals surface area (Å²) in [6.45, 7) is 5.81. The van der Waals surface area contributed by atoms with Gasteiger partial charge in [0.05, 0.1) is 6.10 Å². The quantitative estimate of drug-likeness (QED) is 0.772. The molecule has 0 spiro atoms. The maximum atomic E-state index is 13.5. The third-order valence-electron chi connectivity index (χ3n) is 1.84.